The summed E-state index contributed by atoms with van der Waals surface area (Å²) >= 11 is 1.03. The summed E-state index contributed by atoms with van der Waals surface area (Å²) in [7, 11) is -3.85. The molecular formula is C13H11N3O3S2. The summed E-state index contributed by atoms with van der Waals surface area (Å²) in [5.41, 5.74) is 0.981. The Kier molecular flexibility index (Phi) is 4.06. The molecule has 0 saturated carbocycles. The summed E-state index contributed by atoms with van der Waals surface area (Å²) < 4.78 is 27.0. The van der Waals surface area contributed by atoms with Crippen molar-refractivity contribution in [1.82, 2.24) is 4.98 Å². The van der Waals surface area contributed by atoms with Crippen LogP contribution in [0.3, 0.4) is 0 Å². The standard InChI is InChI=1S/C13H11N3O3S2/c1-8-3-4-10(6-14)5-12(8)21(18,19)16-13-15-11(7-20-13)9(2)17/h3-5,7H,1-2H3,(H,15,16). The van der Waals surface area contributed by atoms with E-state index in [1.165, 1.54) is 18.4 Å². The molecule has 0 radical (unpaired) electrons. The number of aromatic nitrogens is 1. The zero-order valence-corrected chi connectivity index (χ0v) is 12.9. The maximum atomic E-state index is 12.3. The first-order valence-corrected chi connectivity index (χ1v) is 8.20. The molecule has 0 saturated heterocycles. The molecule has 0 aliphatic rings. The summed E-state index contributed by atoms with van der Waals surface area (Å²) in [6, 6.07) is 6.32. The highest BCUT2D eigenvalue weighted by Gasteiger charge is 2.19. The van der Waals surface area contributed by atoms with Crippen LogP contribution in [0.1, 0.15) is 28.5 Å². The number of benzene rings is 1. The highest BCUT2D eigenvalue weighted by molar-refractivity contribution is 7.93. The molecule has 0 spiro atoms. The lowest BCUT2D eigenvalue weighted by molar-refractivity contribution is 0.101. The van der Waals surface area contributed by atoms with Crippen molar-refractivity contribution in [1.29, 1.82) is 5.26 Å². The smallest absolute Gasteiger partial charge is 0.263 e. The highest BCUT2D eigenvalue weighted by atomic mass is 32.2. The highest BCUT2D eigenvalue weighted by Crippen LogP contribution is 2.23. The molecule has 6 nitrogen and oxygen atoms in total. The molecule has 0 atom stereocenters. The Morgan fingerprint density at radius 2 is 2.14 bits per heavy atom. The van der Waals surface area contributed by atoms with Crippen molar-refractivity contribution in [2.45, 2.75) is 18.7 Å². The van der Waals surface area contributed by atoms with Gasteiger partial charge in [0.2, 0.25) is 0 Å². The van der Waals surface area contributed by atoms with E-state index >= 15 is 0 Å². The molecule has 2 rings (SSSR count). The predicted molar refractivity (Wildman–Crippen MR) is 78.8 cm³/mol. The third kappa shape index (κ3) is 3.26. The molecule has 1 heterocycles. The Morgan fingerprint density at radius 3 is 2.71 bits per heavy atom. The Balaban J connectivity index is 2.38. The Morgan fingerprint density at radius 1 is 1.43 bits per heavy atom. The summed E-state index contributed by atoms with van der Waals surface area (Å²) in [6.07, 6.45) is 0. The summed E-state index contributed by atoms with van der Waals surface area (Å²) in [4.78, 5) is 15.1. The molecule has 0 unspecified atom stereocenters. The second kappa shape index (κ2) is 5.63. The number of nitrogens with zero attached hydrogens (tertiary/aromatic N) is 2. The van der Waals surface area contributed by atoms with Crippen molar-refractivity contribution >= 4 is 32.3 Å². The van der Waals surface area contributed by atoms with Gasteiger partial charge in [-0.15, -0.1) is 11.3 Å². The maximum absolute atomic E-state index is 12.3. The number of hydrogen-bond donors (Lipinski definition) is 1. The van der Waals surface area contributed by atoms with E-state index in [2.05, 4.69) is 9.71 Å². The molecular weight excluding hydrogens is 310 g/mol. The van der Waals surface area contributed by atoms with Gasteiger partial charge in [-0.2, -0.15) is 5.26 Å². The normalized spacial score (nSPS) is 10.9. The van der Waals surface area contributed by atoms with E-state index in [1.807, 2.05) is 6.07 Å². The first-order chi connectivity index (χ1) is 9.83. The van der Waals surface area contributed by atoms with Crippen molar-refractivity contribution in [2.24, 2.45) is 0 Å². The average molecular weight is 321 g/mol. The van der Waals surface area contributed by atoms with E-state index < -0.39 is 10.0 Å². The molecule has 0 amide bonds. The number of aryl methyl sites for hydroxylation is 1. The SMILES string of the molecule is CC(=O)c1csc(NS(=O)(=O)c2cc(C#N)ccc2C)n1. The van der Waals surface area contributed by atoms with Gasteiger partial charge in [-0.3, -0.25) is 9.52 Å². The van der Waals surface area contributed by atoms with E-state index in [9.17, 15) is 13.2 Å². The number of hydrogen-bond acceptors (Lipinski definition) is 6. The molecule has 0 aliphatic carbocycles. The number of rotatable bonds is 4. The van der Waals surface area contributed by atoms with Crippen LogP contribution in [0.5, 0.6) is 0 Å². The minimum atomic E-state index is -3.85. The van der Waals surface area contributed by atoms with Crippen molar-refractivity contribution in [3.63, 3.8) is 0 Å². The van der Waals surface area contributed by atoms with Crippen LogP contribution in [0.2, 0.25) is 0 Å². The molecule has 1 aromatic heterocycles. The third-order valence-corrected chi connectivity index (χ3v) is 5.06. The number of ketones is 1. The van der Waals surface area contributed by atoms with Gasteiger partial charge in [0.25, 0.3) is 10.0 Å². The van der Waals surface area contributed by atoms with E-state index in [1.54, 1.807) is 19.1 Å². The topological polar surface area (TPSA) is 99.9 Å². The molecule has 8 heteroatoms. The number of Topliss-reactive ketones (excluding diaryl/α,β-unsaturated/α-hetero) is 1. The van der Waals surface area contributed by atoms with Crippen molar-refractivity contribution in [2.75, 3.05) is 4.72 Å². The second-order valence-corrected chi connectivity index (χ2v) is 6.80. The second-order valence-electron chi connectivity index (χ2n) is 4.29. The van der Waals surface area contributed by atoms with Crippen LogP contribution in [-0.4, -0.2) is 19.2 Å². The fraction of sp³-hybridized carbons (Fsp3) is 0.154. The van der Waals surface area contributed by atoms with E-state index in [-0.39, 0.29) is 27.1 Å². The van der Waals surface area contributed by atoms with Gasteiger partial charge in [0.1, 0.15) is 5.69 Å². The Labute approximate surface area is 126 Å². The lowest BCUT2D eigenvalue weighted by Gasteiger charge is -2.08. The number of carbonyl (C=O) groups is 1. The van der Waals surface area contributed by atoms with E-state index in [0.717, 1.165) is 11.3 Å². The van der Waals surface area contributed by atoms with Crippen LogP contribution in [-0.2, 0) is 10.0 Å². The quantitative estimate of drug-likeness (QED) is 0.871. The van der Waals surface area contributed by atoms with Gasteiger partial charge in [-0.05, 0) is 24.6 Å². The summed E-state index contributed by atoms with van der Waals surface area (Å²) in [5.74, 6) is -0.237. The molecule has 2 aromatic rings. The Hall–Kier alpha value is -2.24. The van der Waals surface area contributed by atoms with Crippen LogP contribution in [0.15, 0.2) is 28.5 Å². The number of carbonyl (C=O) groups excluding carboxylic acids is 1. The molecule has 0 fully saturated rings. The van der Waals surface area contributed by atoms with Gasteiger partial charge in [-0.1, -0.05) is 6.07 Å². The van der Waals surface area contributed by atoms with Crippen LogP contribution in [0.4, 0.5) is 5.13 Å². The van der Waals surface area contributed by atoms with Crippen LogP contribution in [0, 0.1) is 18.3 Å². The lowest BCUT2D eigenvalue weighted by Crippen LogP contribution is -2.14. The number of thiazole rings is 1. The van der Waals surface area contributed by atoms with E-state index in [4.69, 9.17) is 5.26 Å². The number of nitriles is 1. The van der Waals surface area contributed by atoms with Crippen molar-refractivity contribution < 1.29 is 13.2 Å². The van der Waals surface area contributed by atoms with Gasteiger partial charge in [-0.25, -0.2) is 13.4 Å². The zero-order valence-electron chi connectivity index (χ0n) is 11.2. The van der Waals surface area contributed by atoms with Crippen molar-refractivity contribution in [3.05, 3.63) is 40.4 Å². The third-order valence-electron chi connectivity index (χ3n) is 2.69. The number of nitrogens with one attached hydrogen (secondary N) is 1. The summed E-state index contributed by atoms with van der Waals surface area (Å²) in [6.45, 7) is 2.99. The summed E-state index contributed by atoms with van der Waals surface area (Å²) in [5, 5.41) is 10.5. The van der Waals surface area contributed by atoms with E-state index in [0.29, 0.717) is 5.56 Å². The van der Waals surface area contributed by atoms with Gasteiger partial charge >= 0.3 is 0 Å². The average Bonchev–Trinajstić information content (AvgIpc) is 2.87. The van der Waals surface area contributed by atoms with Crippen LogP contribution >= 0.6 is 11.3 Å². The van der Waals surface area contributed by atoms with Crippen molar-refractivity contribution in [3.8, 4) is 6.07 Å². The Bertz CT molecular complexity index is 848. The minimum Gasteiger partial charge on any atom is -0.293 e. The zero-order chi connectivity index (χ0) is 15.6. The van der Waals surface area contributed by atoms with Crippen LogP contribution < -0.4 is 4.72 Å². The van der Waals surface area contributed by atoms with Gasteiger partial charge < -0.3 is 0 Å². The van der Waals surface area contributed by atoms with Crippen LogP contribution in [0.25, 0.3) is 0 Å². The molecule has 108 valence electrons. The van der Waals surface area contributed by atoms with Gasteiger partial charge in [0, 0.05) is 12.3 Å². The first-order valence-electron chi connectivity index (χ1n) is 5.83. The number of anilines is 1. The molecule has 21 heavy (non-hydrogen) atoms. The molecule has 1 N–H and O–H groups in total. The molecule has 0 aliphatic heterocycles. The monoisotopic (exact) mass is 321 g/mol. The molecule has 1 aromatic carbocycles. The first kappa shape index (κ1) is 15.2. The largest absolute Gasteiger partial charge is 0.293 e. The number of sulfonamides is 1. The lowest BCUT2D eigenvalue weighted by atomic mass is 10.2. The maximum Gasteiger partial charge on any atom is 0.263 e. The fourth-order valence-corrected chi connectivity index (χ4v) is 3.89. The fourth-order valence-electron chi connectivity index (χ4n) is 1.61. The van der Waals surface area contributed by atoms with Gasteiger partial charge in [0.05, 0.1) is 16.5 Å². The van der Waals surface area contributed by atoms with Gasteiger partial charge in [0.15, 0.2) is 10.9 Å². The minimum absolute atomic E-state index is 0.0149. The predicted octanol–water partition coefficient (Wildman–Crippen LogP) is 2.33. The molecule has 0 bridgehead atoms.